The summed E-state index contributed by atoms with van der Waals surface area (Å²) in [6.07, 6.45) is 0. The molecule has 0 saturated heterocycles. The number of carbonyl (C=O) groups excluding carboxylic acids is 1. The second kappa shape index (κ2) is 6.61. The quantitative estimate of drug-likeness (QED) is 0.651. The number of aryl methyl sites for hydroxylation is 2. The lowest BCUT2D eigenvalue weighted by Crippen LogP contribution is -1.98. The first-order valence-electron chi connectivity index (χ1n) is 7.93. The Bertz CT molecular complexity index is 878. The van der Waals surface area contributed by atoms with Crippen LogP contribution in [0.2, 0.25) is 0 Å². The number of ketones is 1. The maximum absolute atomic E-state index is 11.8. The Morgan fingerprint density at radius 2 is 1.92 bits per heavy atom. The number of Topliss-reactive ketones (excluding diaryl/α,β-unsaturated/α-hetero) is 1. The van der Waals surface area contributed by atoms with Crippen molar-refractivity contribution < 1.29 is 4.79 Å². The predicted molar refractivity (Wildman–Crippen MR) is 99.9 cm³/mol. The van der Waals surface area contributed by atoms with Crippen molar-refractivity contribution in [3.8, 4) is 11.4 Å². The van der Waals surface area contributed by atoms with Crippen molar-refractivity contribution in [1.82, 2.24) is 9.97 Å². The summed E-state index contributed by atoms with van der Waals surface area (Å²) in [4.78, 5) is 21.0. The van der Waals surface area contributed by atoms with Gasteiger partial charge in [0.25, 0.3) is 0 Å². The van der Waals surface area contributed by atoms with Crippen LogP contribution in [0.1, 0.15) is 39.0 Å². The average molecular weight is 339 g/mol. The number of aromatic nitrogens is 2. The molecular weight excluding hydrogens is 318 g/mol. The highest BCUT2D eigenvalue weighted by molar-refractivity contribution is 7.16. The van der Waals surface area contributed by atoms with Gasteiger partial charge in [-0.05, 0) is 38.8 Å². The van der Waals surface area contributed by atoms with Gasteiger partial charge in [-0.1, -0.05) is 30.3 Å². The number of hydrogen-bond donors (Lipinski definition) is 2. The second-order valence-electron chi connectivity index (χ2n) is 5.94. The van der Waals surface area contributed by atoms with Gasteiger partial charge >= 0.3 is 0 Å². The van der Waals surface area contributed by atoms with Crippen molar-refractivity contribution in [2.75, 3.05) is 5.32 Å². The van der Waals surface area contributed by atoms with E-state index in [-0.39, 0.29) is 5.78 Å². The molecule has 2 aromatic heterocycles. The number of anilines is 1. The van der Waals surface area contributed by atoms with E-state index < -0.39 is 0 Å². The number of carbonyl (C=O) groups is 1. The van der Waals surface area contributed by atoms with E-state index >= 15 is 0 Å². The van der Waals surface area contributed by atoms with E-state index in [1.165, 1.54) is 5.56 Å². The molecule has 0 aliphatic rings. The minimum Gasteiger partial charge on any atom is -0.357 e. The fourth-order valence-corrected chi connectivity index (χ4v) is 3.81. The largest absolute Gasteiger partial charge is 0.357 e. The van der Waals surface area contributed by atoms with Crippen LogP contribution in [0.4, 0.5) is 5.13 Å². The van der Waals surface area contributed by atoms with Crippen LogP contribution >= 0.6 is 11.3 Å². The maximum atomic E-state index is 11.8. The first-order valence-corrected chi connectivity index (χ1v) is 8.74. The van der Waals surface area contributed by atoms with Crippen molar-refractivity contribution in [2.45, 2.75) is 34.2 Å². The molecule has 5 heteroatoms. The number of hydrogen-bond acceptors (Lipinski definition) is 4. The van der Waals surface area contributed by atoms with E-state index in [4.69, 9.17) is 4.98 Å². The SMILES string of the molecule is CC(=O)c1c(C)[nH]c(-c2nc(NCc3ccccc3)sc2C)c1C. The number of H-pyrrole nitrogens is 1. The number of nitrogens with zero attached hydrogens (tertiary/aromatic N) is 1. The first-order chi connectivity index (χ1) is 11.5. The van der Waals surface area contributed by atoms with E-state index in [0.717, 1.165) is 44.8 Å². The molecule has 1 aromatic carbocycles. The van der Waals surface area contributed by atoms with Gasteiger partial charge in [-0.15, -0.1) is 11.3 Å². The Morgan fingerprint density at radius 3 is 2.54 bits per heavy atom. The van der Waals surface area contributed by atoms with Crippen molar-refractivity contribution >= 4 is 22.3 Å². The topological polar surface area (TPSA) is 57.8 Å². The smallest absolute Gasteiger partial charge is 0.183 e. The van der Waals surface area contributed by atoms with E-state index in [9.17, 15) is 4.79 Å². The molecule has 0 atom stereocenters. The zero-order valence-corrected chi connectivity index (χ0v) is 15.2. The molecule has 0 unspecified atom stereocenters. The number of aromatic amines is 1. The Morgan fingerprint density at radius 1 is 1.21 bits per heavy atom. The van der Waals surface area contributed by atoms with Crippen molar-refractivity contribution in [1.29, 1.82) is 0 Å². The van der Waals surface area contributed by atoms with E-state index in [2.05, 4.69) is 29.4 Å². The highest BCUT2D eigenvalue weighted by atomic mass is 32.1. The van der Waals surface area contributed by atoms with Gasteiger partial charge in [0.15, 0.2) is 10.9 Å². The van der Waals surface area contributed by atoms with Crippen LogP contribution in [-0.2, 0) is 6.54 Å². The van der Waals surface area contributed by atoms with Gasteiger partial charge < -0.3 is 10.3 Å². The molecule has 4 nitrogen and oxygen atoms in total. The van der Waals surface area contributed by atoms with Crippen LogP contribution < -0.4 is 5.32 Å². The van der Waals surface area contributed by atoms with Gasteiger partial charge in [0, 0.05) is 22.7 Å². The summed E-state index contributed by atoms with van der Waals surface area (Å²) >= 11 is 1.63. The predicted octanol–water partition coefficient (Wildman–Crippen LogP) is 4.88. The molecule has 24 heavy (non-hydrogen) atoms. The molecule has 2 heterocycles. The van der Waals surface area contributed by atoms with E-state index in [0.29, 0.717) is 0 Å². The van der Waals surface area contributed by atoms with Gasteiger partial charge in [-0.25, -0.2) is 4.98 Å². The summed E-state index contributed by atoms with van der Waals surface area (Å²) in [6, 6.07) is 10.3. The van der Waals surface area contributed by atoms with Gasteiger partial charge in [0.2, 0.25) is 0 Å². The fraction of sp³-hybridized carbons (Fsp3) is 0.263. The summed E-state index contributed by atoms with van der Waals surface area (Å²) in [5, 5.41) is 4.27. The lowest BCUT2D eigenvalue weighted by atomic mass is 10.1. The van der Waals surface area contributed by atoms with Gasteiger partial charge in [-0.3, -0.25) is 4.79 Å². The molecular formula is C19H21N3OS. The molecule has 3 aromatic rings. The Balaban J connectivity index is 1.87. The molecule has 0 bridgehead atoms. The standard InChI is InChI=1S/C19H21N3OS/c1-11-16(13(3)23)12(2)21-17(11)18-14(4)24-19(22-18)20-10-15-8-6-5-7-9-15/h5-9,21H,10H2,1-4H3,(H,20,22). The number of thiazole rings is 1. The lowest BCUT2D eigenvalue weighted by molar-refractivity contribution is 0.101. The molecule has 0 aliphatic carbocycles. The van der Waals surface area contributed by atoms with Crippen LogP contribution in [0.3, 0.4) is 0 Å². The highest BCUT2D eigenvalue weighted by Gasteiger charge is 2.19. The number of rotatable bonds is 5. The molecule has 0 saturated carbocycles. The van der Waals surface area contributed by atoms with E-state index in [1.807, 2.05) is 32.0 Å². The third kappa shape index (κ3) is 3.12. The molecule has 0 spiro atoms. The summed E-state index contributed by atoms with van der Waals surface area (Å²) in [6.45, 7) is 8.32. The Hall–Kier alpha value is -2.40. The van der Waals surface area contributed by atoms with Gasteiger partial charge in [0.05, 0.1) is 5.69 Å². The zero-order chi connectivity index (χ0) is 17.3. The van der Waals surface area contributed by atoms with Crippen molar-refractivity contribution in [3.05, 3.63) is 57.6 Å². The number of benzene rings is 1. The summed E-state index contributed by atoms with van der Waals surface area (Å²) in [5.74, 6) is 0.0859. The van der Waals surface area contributed by atoms with Crippen molar-refractivity contribution in [3.63, 3.8) is 0 Å². The second-order valence-corrected chi connectivity index (χ2v) is 7.15. The Kier molecular flexibility index (Phi) is 4.53. The molecule has 0 fully saturated rings. The molecule has 0 radical (unpaired) electrons. The lowest BCUT2D eigenvalue weighted by Gasteiger charge is -2.02. The van der Waals surface area contributed by atoms with Gasteiger partial charge in [0.1, 0.15) is 5.69 Å². The molecule has 3 rings (SSSR count). The average Bonchev–Trinajstić information content (AvgIpc) is 3.05. The van der Waals surface area contributed by atoms with Crippen molar-refractivity contribution in [2.24, 2.45) is 0 Å². The van der Waals surface area contributed by atoms with Crippen LogP contribution in [0.15, 0.2) is 30.3 Å². The molecule has 0 amide bonds. The summed E-state index contributed by atoms with van der Waals surface area (Å²) in [5.41, 5.74) is 5.74. The van der Waals surface area contributed by atoms with E-state index in [1.54, 1.807) is 18.3 Å². The Labute approximate surface area is 146 Å². The minimum absolute atomic E-state index is 0.0859. The van der Waals surface area contributed by atoms with Crippen LogP contribution in [0.25, 0.3) is 11.4 Å². The van der Waals surface area contributed by atoms with Gasteiger partial charge in [-0.2, -0.15) is 0 Å². The molecule has 0 aliphatic heterocycles. The monoisotopic (exact) mass is 339 g/mol. The maximum Gasteiger partial charge on any atom is 0.183 e. The fourth-order valence-electron chi connectivity index (χ4n) is 2.99. The van der Waals surface area contributed by atoms with Crippen LogP contribution in [0, 0.1) is 20.8 Å². The van der Waals surface area contributed by atoms with Crippen LogP contribution in [-0.4, -0.2) is 15.8 Å². The normalized spacial score (nSPS) is 10.8. The minimum atomic E-state index is 0.0859. The zero-order valence-electron chi connectivity index (χ0n) is 14.4. The third-order valence-corrected chi connectivity index (χ3v) is 5.04. The highest BCUT2D eigenvalue weighted by Crippen LogP contribution is 2.34. The molecule has 124 valence electrons. The number of nitrogens with one attached hydrogen (secondary N) is 2. The molecule has 2 N–H and O–H groups in total. The first kappa shape index (κ1) is 16.5. The third-order valence-electron chi connectivity index (χ3n) is 4.11. The summed E-state index contributed by atoms with van der Waals surface area (Å²) in [7, 11) is 0. The summed E-state index contributed by atoms with van der Waals surface area (Å²) < 4.78 is 0. The van der Waals surface area contributed by atoms with Crippen LogP contribution in [0.5, 0.6) is 0 Å².